The molecule has 1 aromatic heterocycles. The summed E-state index contributed by atoms with van der Waals surface area (Å²) in [4.78, 5) is 12.1. The Kier molecular flexibility index (Phi) is 4.34. The van der Waals surface area contributed by atoms with Gasteiger partial charge in [-0.3, -0.25) is 4.79 Å². The van der Waals surface area contributed by atoms with Crippen LogP contribution in [0, 0.1) is 17.2 Å². The Balaban J connectivity index is 1.98. The van der Waals surface area contributed by atoms with Gasteiger partial charge >= 0.3 is 0 Å². The van der Waals surface area contributed by atoms with Crippen molar-refractivity contribution in [2.24, 2.45) is 5.92 Å². The molecular formula is C13H16N2O2S. The van der Waals surface area contributed by atoms with Crippen molar-refractivity contribution in [2.45, 2.75) is 32.3 Å². The maximum absolute atomic E-state index is 12.1. The Labute approximate surface area is 111 Å². The van der Waals surface area contributed by atoms with Gasteiger partial charge in [-0.15, -0.1) is 11.3 Å². The number of amides is 1. The summed E-state index contributed by atoms with van der Waals surface area (Å²) in [5.41, 5.74) is 0.535. The van der Waals surface area contributed by atoms with E-state index in [1.807, 2.05) is 5.38 Å². The first-order chi connectivity index (χ1) is 8.74. The van der Waals surface area contributed by atoms with Gasteiger partial charge in [-0.2, -0.15) is 5.26 Å². The van der Waals surface area contributed by atoms with Crippen LogP contribution in [0.2, 0.25) is 0 Å². The summed E-state index contributed by atoms with van der Waals surface area (Å²) in [7, 11) is 0. The summed E-state index contributed by atoms with van der Waals surface area (Å²) in [6.07, 6.45) is 2.66. The topological polar surface area (TPSA) is 62.1 Å². The molecular weight excluding hydrogens is 248 g/mol. The number of nitriles is 1. The maximum atomic E-state index is 12.1. The van der Waals surface area contributed by atoms with Crippen molar-refractivity contribution in [2.75, 3.05) is 11.9 Å². The highest BCUT2D eigenvalue weighted by Crippen LogP contribution is 2.26. The number of anilines is 1. The molecule has 2 rings (SSSR count). The molecule has 0 saturated carbocycles. The Morgan fingerprint density at radius 1 is 1.72 bits per heavy atom. The van der Waals surface area contributed by atoms with Gasteiger partial charge in [-0.05, 0) is 30.7 Å². The van der Waals surface area contributed by atoms with E-state index in [0.717, 1.165) is 19.3 Å². The lowest BCUT2D eigenvalue weighted by molar-refractivity contribution is -0.124. The van der Waals surface area contributed by atoms with Gasteiger partial charge in [0.15, 0.2) is 0 Å². The third kappa shape index (κ3) is 2.89. The number of thiophene rings is 1. The molecule has 2 atom stereocenters. The highest BCUT2D eigenvalue weighted by atomic mass is 32.1. The number of nitrogens with one attached hydrogen (secondary N) is 1. The Morgan fingerprint density at radius 2 is 2.56 bits per heavy atom. The average Bonchev–Trinajstić information content (AvgIpc) is 2.86. The van der Waals surface area contributed by atoms with Crippen molar-refractivity contribution in [1.82, 2.24) is 0 Å². The molecule has 0 spiro atoms. The highest BCUT2D eigenvalue weighted by molar-refractivity contribution is 7.14. The molecule has 0 bridgehead atoms. The molecule has 0 aromatic carbocycles. The molecule has 4 nitrogen and oxygen atoms in total. The van der Waals surface area contributed by atoms with E-state index in [2.05, 4.69) is 18.3 Å². The van der Waals surface area contributed by atoms with Crippen LogP contribution in [0.15, 0.2) is 11.4 Å². The standard InChI is InChI=1S/C13H16N2O2S/c1-2-11-7-9(3-5-17-11)12(16)15-13-10(8-14)4-6-18-13/h4,6,9,11H,2-3,5,7H2,1H3,(H,15,16). The second-order valence-corrected chi connectivity index (χ2v) is 5.30. The van der Waals surface area contributed by atoms with E-state index in [1.165, 1.54) is 11.3 Å². The Bertz CT molecular complexity index is 464. The van der Waals surface area contributed by atoms with Gasteiger partial charge in [0.25, 0.3) is 0 Å². The van der Waals surface area contributed by atoms with Gasteiger partial charge in [-0.1, -0.05) is 6.92 Å². The predicted octanol–water partition coefficient (Wildman–Crippen LogP) is 2.76. The third-order valence-electron chi connectivity index (χ3n) is 3.22. The van der Waals surface area contributed by atoms with Crippen molar-refractivity contribution in [3.8, 4) is 6.07 Å². The molecule has 1 N–H and O–H groups in total. The van der Waals surface area contributed by atoms with E-state index in [-0.39, 0.29) is 17.9 Å². The van der Waals surface area contributed by atoms with E-state index in [1.54, 1.807) is 6.07 Å². The Morgan fingerprint density at radius 3 is 3.28 bits per heavy atom. The molecule has 1 aliphatic rings. The van der Waals surface area contributed by atoms with Crippen LogP contribution < -0.4 is 5.32 Å². The minimum absolute atomic E-state index is 0.00246. The number of hydrogen-bond acceptors (Lipinski definition) is 4. The summed E-state index contributed by atoms with van der Waals surface area (Å²) in [6, 6.07) is 3.80. The van der Waals surface area contributed by atoms with E-state index in [4.69, 9.17) is 10.00 Å². The smallest absolute Gasteiger partial charge is 0.228 e. The van der Waals surface area contributed by atoms with E-state index < -0.39 is 0 Å². The average molecular weight is 264 g/mol. The largest absolute Gasteiger partial charge is 0.378 e. The predicted molar refractivity (Wildman–Crippen MR) is 70.4 cm³/mol. The lowest BCUT2D eigenvalue weighted by atomic mass is 9.93. The molecule has 18 heavy (non-hydrogen) atoms. The molecule has 5 heteroatoms. The molecule has 2 heterocycles. The van der Waals surface area contributed by atoms with Crippen LogP contribution in [0.5, 0.6) is 0 Å². The van der Waals surface area contributed by atoms with Crippen molar-refractivity contribution in [3.63, 3.8) is 0 Å². The maximum Gasteiger partial charge on any atom is 0.228 e. The van der Waals surface area contributed by atoms with Crippen molar-refractivity contribution in [3.05, 3.63) is 17.0 Å². The van der Waals surface area contributed by atoms with Crippen LogP contribution >= 0.6 is 11.3 Å². The number of ether oxygens (including phenoxy) is 1. The Hall–Kier alpha value is -1.38. The number of nitrogens with zero attached hydrogens (tertiary/aromatic N) is 1. The van der Waals surface area contributed by atoms with Gasteiger partial charge < -0.3 is 10.1 Å². The zero-order valence-corrected chi connectivity index (χ0v) is 11.1. The minimum Gasteiger partial charge on any atom is -0.378 e. The zero-order valence-electron chi connectivity index (χ0n) is 10.3. The molecule has 0 aliphatic carbocycles. The van der Waals surface area contributed by atoms with Crippen LogP contribution in [-0.4, -0.2) is 18.6 Å². The second kappa shape index (κ2) is 5.98. The number of hydrogen-bond donors (Lipinski definition) is 1. The monoisotopic (exact) mass is 264 g/mol. The summed E-state index contributed by atoms with van der Waals surface area (Å²) < 4.78 is 5.56. The SMILES string of the molecule is CCC1CC(C(=O)Nc2sccc2C#N)CCO1. The minimum atomic E-state index is -0.00246. The fourth-order valence-electron chi connectivity index (χ4n) is 2.11. The van der Waals surface area contributed by atoms with Gasteiger partial charge in [0, 0.05) is 12.5 Å². The van der Waals surface area contributed by atoms with Crippen molar-refractivity contribution in [1.29, 1.82) is 5.26 Å². The quantitative estimate of drug-likeness (QED) is 0.913. The fourth-order valence-corrected chi connectivity index (χ4v) is 2.85. The first-order valence-corrected chi connectivity index (χ1v) is 7.02. The molecule has 1 saturated heterocycles. The summed E-state index contributed by atoms with van der Waals surface area (Å²) in [5, 5.41) is 14.2. The second-order valence-electron chi connectivity index (χ2n) is 4.39. The van der Waals surface area contributed by atoms with E-state index in [0.29, 0.717) is 17.2 Å². The lowest BCUT2D eigenvalue weighted by Gasteiger charge is -2.27. The van der Waals surface area contributed by atoms with E-state index >= 15 is 0 Å². The number of carbonyl (C=O) groups is 1. The van der Waals surface area contributed by atoms with Gasteiger partial charge in [0.2, 0.25) is 5.91 Å². The third-order valence-corrected chi connectivity index (χ3v) is 4.05. The molecule has 96 valence electrons. The van der Waals surface area contributed by atoms with Crippen LogP contribution in [0.4, 0.5) is 5.00 Å². The van der Waals surface area contributed by atoms with Crippen LogP contribution in [-0.2, 0) is 9.53 Å². The van der Waals surface area contributed by atoms with Crippen LogP contribution in [0.25, 0.3) is 0 Å². The fraction of sp³-hybridized carbons (Fsp3) is 0.538. The molecule has 1 fully saturated rings. The molecule has 2 unspecified atom stereocenters. The van der Waals surface area contributed by atoms with Gasteiger partial charge in [0.05, 0.1) is 11.7 Å². The van der Waals surface area contributed by atoms with Crippen LogP contribution in [0.1, 0.15) is 31.7 Å². The number of rotatable bonds is 3. The summed E-state index contributed by atoms with van der Waals surface area (Å²) in [5.74, 6) is 0.00745. The molecule has 0 radical (unpaired) electrons. The highest BCUT2D eigenvalue weighted by Gasteiger charge is 2.27. The lowest BCUT2D eigenvalue weighted by Crippen LogP contribution is -2.33. The van der Waals surface area contributed by atoms with Gasteiger partial charge in [0.1, 0.15) is 11.1 Å². The van der Waals surface area contributed by atoms with Crippen molar-refractivity contribution < 1.29 is 9.53 Å². The first kappa shape index (κ1) is 13.1. The first-order valence-electron chi connectivity index (χ1n) is 6.14. The van der Waals surface area contributed by atoms with Crippen molar-refractivity contribution >= 4 is 22.2 Å². The summed E-state index contributed by atoms with van der Waals surface area (Å²) >= 11 is 1.39. The number of carbonyl (C=O) groups excluding carboxylic acids is 1. The zero-order chi connectivity index (χ0) is 13.0. The van der Waals surface area contributed by atoms with E-state index in [9.17, 15) is 4.79 Å². The normalized spacial score (nSPS) is 23.3. The molecule has 1 amide bonds. The molecule has 1 aliphatic heterocycles. The van der Waals surface area contributed by atoms with Crippen LogP contribution in [0.3, 0.4) is 0 Å². The van der Waals surface area contributed by atoms with Gasteiger partial charge in [-0.25, -0.2) is 0 Å². The molecule has 1 aromatic rings. The summed E-state index contributed by atoms with van der Waals surface area (Å²) in [6.45, 7) is 2.71.